The van der Waals surface area contributed by atoms with Crippen molar-refractivity contribution in [3.05, 3.63) is 77.9 Å². The van der Waals surface area contributed by atoms with E-state index in [1.165, 1.54) is 0 Å². The van der Waals surface area contributed by atoms with Crippen LogP contribution in [0, 0.1) is 5.41 Å². The number of hydrogen-bond acceptors (Lipinski definition) is 3. The first-order valence-corrected chi connectivity index (χ1v) is 7.25. The molecule has 4 nitrogen and oxygen atoms in total. The highest BCUT2D eigenvalue weighted by Crippen LogP contribution is 2.21. The molecule has 0 bridgehead atoms. The predicted octanol–water partition coefficient (Wildman–Crippen LogP) is 3.27. The van der Waals surface area contributed by atoms with Crippen molar-refractivity contribution in [2.75, 3.05) is 0 Å². The molecule has 0 spiro atoms. The number of fused-ring (bicyclic) bond motifs is 1. The molecule has 0 radical (unpaired) electrons. The summed E-state index contributed by atoms with van der Waals surface area (Å²) in [6.07, 6.45) is 0.0720. The summed E-state index contributed by atoms with van der Waals surface area (Å²) in [6.45, 7) is 0. The van der Waals surface area contributed by atoms with Crippen molar-refractivity contribution >= 4 is 22.6 Å². The number of carbonyl (C=O) groups is 1. The number of amidine groups is 1. The van der Waals surface area contributed by atoms with E-state index in [1.54, 1.807) is 24.3 Å². The summed E-state index contributed by atoms with van der Waals surface area (Å²) in [5.74, 6) is 0.0714. The van der Waals surface area contributed by atoms with Gasteiger partial charge in [0.1, 0.15) is 11.6 Å². The topological polar surface area (TPSA) is 76.2 Å². The highest BCUT2D eigenvalue weighted by molar-refractivity contribution is 5.97. The fraction of sp³-hybridized carbons (Fsp3) is 0.0526. The van der Waals surface area contributed by atoms with Crippen molar-refractivity contribution in [2.45, 2.75) is 6.42 Å². The van der Waals surface area contributed by atoms with E-state index in [9.17, 15) is 4.79 Å². The van der Waals surface area contributed by atoms with Gasteiger partial charge in [0.25, 0.3) is 0 Å². The first-order chi connectivity index (χ1) is 11.1. The lowest BCUT2D eigenvalue weighted by Crippen LogP contribution is -2.17. The molecule has 0 unspecified atom stereocenters. The van der Waals surface area contributed by atoms with Crippen molar-refractivity contribution < 1.29 is 9.53 Å². The molecule has 3 rings (SSSR count). The van der Waals surface area contributed by atoms with Crippen LogP contribution in [0.15, 0.2) is 66.7 Å². The number of nitrogens with two attached hydrogens (primary N) is 1. The second kappa shape index (κ2) is 6.32. The summed E-state index contributed by atoms with van der Waals surface area (Å²) in [5.41, 5.74) is 6.78. The van der Waals surface area contributed by atoms with Gasteiger partial charge in [-0.1, -0.05) is 54.6 Å². The van der Waals surface area contributed by atoms with E-state index in [0.717, 1.165) is 10.8 Å². The maximum absolute atomic E-state index is 12.2. The summed E-state index contributed by atoms with van der Waals surface area (Å²) in [5, 5.41) is 9.67. The number of nitrogens with one attached hydrogen (secondary N) is 1. The van der Waals surface area contributed by atoms with E-state index < -0.39 is 0 Å². The van der Waals surface area contributed by atoms with Crippen LogP contribution in [-0.4, -0.2) is 11.8 Å². The van der Waals surface area contributed by atoms with Crippen LogP contribution >= 0.6 is 0 Å². The quantitative estimate of drug-likeness (QED) is 0.336. The van der Waals surface area contributed by atoms with Gasteiger partial charge in [-0.2, -0.15) is 0 Å². The van der Waals surface area contributed by atoms with Gasteiger partial charge in [-0.3, -0.25) is 10.2 Å². The minimum Gasteiger partial charge on any atom is -0.426 e. The van der Waals surface area contributed by atoms with E-state index >= 15 is 0 Å². The summed E-state index contributed by atoms with van der Waals surface area (Å²) >= 11 is 0. The number of carbonyl (C=O) groups excluding carboxylic acids is 1. The Bertz CT molecular complexity index is 887. The van der Waals surface area contributed by atoms with Crippen molar-refractivity contribution in [2.24, 2.45) is 5.73 Å². The molecule has 0 saturated heterocycles. The zero-order valence-electron chi connectivity index (χ0n) is 12.5. The molecule has 114 valence electrons. The fourth-order valence-electron chi connectivity index (χ4n) is 2.49. The molecule has 0 atom stereocenters. The smallest absolute Gasteiger partial charge is 0.315 e. The lowest BCUT2D eigenvalue weighted by Gasteiger charge is -2.09. The molecule has 0 aliphatic rings. The number of nitrogen functional groups attached to an aromatic ring is 1. The number of esters is 1. The first-order valence-electron chi connectivity index (χ1n) is 7.25. The SMILES string of the molecule is N=C(N)c1ccccc1CC(=O)Oc1ccc2ccccc2c1. The van der Waals surface area contributed by atoms with Gasteiger partial charge in [-0.25, -0.2) is 0 Å². The lowest BCUT2D eigenvalue weighted by molar-refractivity contribution is -0.133. The molecule has 3 N–H and O–H groups in total. The van der Waals surface area contributed by atoms with Crippen LogP contribution in [0.1, 0.15) is 11.1 Å². The summed E-state index contributed by atoms with van der Waals surface area (Å²) in [7, 11) is 0. The number of benzene rings is 3. The Hall–Kier alpha value is -3.14. The summed E-state index contributed by atoms with van der Waals surface area (Å²) in [6, 6.07) is 20.5. The van der Waals surface area contributed by atoms with Gasteiger partial charge < -0.3 is 10.5 Å². The largest absolute Gasteiger partial charge is 0.426 e. The maximum Gasteiger partial charge on any atom is 0.315 e. The predicted molar refractivity (Wildman–Crippen MR) is 90.7 cm³/mol. The highest BCUT2D eigenvalue weighted by atomic mass is 16.5. The highest BCUT2D eigenvalue weighted by Gasteiger charge is 2.11. The van der Waals surface area contributed by atoms with E-state index in [2.05, 4.69) is 0 Å². The van der Waals surface area contributed by atoms with Crippen LogP contribution in [0.5, 0.6) is 5.75 Å². The van der Waals surface area contributed by atoms with Crippen LogP contribution in [0.3, 0.4) is 0 Å². The Morgan fingerprint density at radius 2 is 1.65 bits per heavy atom. The van der Waals surface area contributed by atoms with Gasteiger partial charge in [0.05, 0.1) is 6.42 Å². The molecule has 0 fully saturated rings. The fourth-order valence-corrected chi connectivity index (χ4v) is 2.49. The molecule has 0 heterocycles. The minimum atomic E-state index is -0.381. The van der Waals surface area contributed by atoms with Crippen LogP contribution in [0.4, 0.5) is 0 Å². The molecule has 0 aromatic heterocycles. The van der Waals surface area contributed by atoms with E-state index in [1.807, 2.05) is 42.5 Å². The summed E-state index contributed by atoms with van der Waals surface area (Å²) in [4.78, 5) is 12.2. The number of hydrogen-bond donors (Lipinski definition) is 2. The van der Waals surface area contributed by atoms with Crippen LogP contribution in [0.25, 0.3) is 10.8 Å². The normalized spacial score (nSPS) is 10.4. The number of rotatable bonds is 4. The Labute approximate surface area is 134 Å². The standard InChI is InChI=1S/C19H16N2O2/c20-19(21)17-8-4-3-7-15(17)12-18(22)23-16-10-9-13-5-1-2-6-14(13)11-16/h1-11H,12H2,(H3,20,21). The Kier molecular flexibility index (Phi) is 4.06. The second-order valence-electron chi connectivity index (χ2n) is 5.23. The van der Waals surface area contributed by atoms with E-state index in [-0.39, 0.29) is 18.2 Å². The average Bonchev–Trinajstić information content (AvgIpc) is 2.55. The van der Waals surface area contributed by atoms with Gasteiger partial charge in [0.15, 0.2) is 0 Å². The van der Waals surface area contributed by atoms with Crippen LogP contribution < -0.4 is 10.5 Å². The molecule has 0 aliphatic heterocycles. The molecule has 23 heavy (non-hydrogen) atoms. The molecular weight excluding hydrogens is 288 g/mol. The first kappa shape index (κ1) is 14.8. The van der Waals surface area contributed by atoms with Gasteiger partial charge >= 0.3 is 5.97 Å². The molecule has 0 amide bonds. The Morgan fingerprint density at radius 1 is 0.957 bits per heavy atom. The van der Waals surface area contributed by atoms with E-state index in [4.69, 9.17) is 15.9 Å². The molecule has 0 aliphatic carbocycles. The van der Waals surface area contributed by atoms with Crippen LogP contribution in [-0.2, 0) is 11.2 Å². The van der Waals surface area contributed by atoms with Gasteiger partial charge in [0, 0.05) is 5.56 Å². The molecule has 3 aromatic carbocycles. The van der Waals surface area contributed by atoms with Crippen molar-refractivity contribution in [3.63, 3.8) is 0 Å². The number of ether oxygens (including phenoxy) is 1. The van der Waals surface area contributed by atoms with Gasteiger partial charge in [-0.15, -0.1) is 0 Å². The van der Waals surface area contributed by atoms with Crippen LogP contribution in [0.2, 0.25) is 0 Å². The molecule has 3 aromatic rings. The van der Waals surface area contributed by atoms with Gasteiger partial charge in [0.2, 0.25) is 0 Å². The lowest BCUT2D eigenvalue weighted by atomic mass is 10.0. The molecule has 0 saturated carbocycles. The Balaban J connectivity index is 1.77. The zero-order valence-corrected chi connectivity index (χ0v) is 12.5. The van der Waals surface area contributed by atoms with Gasteiger partial charge in [-0.05, 0) is 28.5 Å². The van der Waals surface area contributed by atoms with Crippen molar-refractivity contribution in [1.82, 2.24) is 0 Å². The molecular formula is C19H16N2O2. The minimum absolute atomic E-state index is 0.0564. The third-order valence-corrected chi connectivity index (χ3v) is 3.59. The van der Waals surface area contributed by atoms with Crippen molar-refractivity contribution in [3.8, 4) is 5.75 Å². The third kappa shape index (κ3) is 3.37. The maximum atomic E-state index is 12.2. The molecule has 4 heteroatoms. The van der Waals surface area contributed by atoms with Crippen molar-refractivity contribution in [1.29, 1.82) is 5.41 Å². The third-order valence-electron chi connectivity index (χ3n) is 3.59. The Morgan fingerprint density at radius 3 is 2.43 bits per heavy atom. The average molecular weight is 304 g/mol. The second-order valence-corrected chi connectivity index (χ2v) is 5.23. The zero-order chi connectivity index (χ0) is 16.2. The summed E-state index contributed by atoms with van der Waals surface area (Å²) < 4.78 is 5.41. The monoisotopic (exact) mass is 304 g/mol. The van der Waals surface area contributed by atoms with E-state index in [0.29, 0.717) is 16.9 Å².